The van der Waals surface area contributed by atoms with Crippen molar-refractivity contribution < 1.29 is 19.7 Å². The fourth-order valence-electron chi connectivity index (χ4n) is 1.97. The Morgan fingerprint density at radius 1 is 1.32 bits per heavy atom. The minimum absolute atomic E-state index is 0.119. The van der Waals surface area contributed by atoms with Gasteiger partial charge in [0.2, 0.25) is 0 Å². The molecule has 1 unspecified atom stereocenters. The molecule has 8 nitrogen and oxygen atoms in total. The Bertz CT molecular complexity index is 602. The molecule has 1 aromatic carbocycles. The highest BCUT2D eigenvalue weighted by Crippen LogP contribution is 2.26. The van der Waals surface area contributed by atoms with Crippen LogP contribution in [0.15, 0.2) is 24.3 Å². The summed E-state index contributed by atoms with van der Waals surface area (Å²) in [5.74, 6) is 1.20. The maximum atomic E-state index is 9.55. The van der Waals surface area contributed by atoms with E-state index in [1.54, 1.807) is 19.2 Å². The van der Waals surface area contributed by atoms with Crippen LogP contribution in [0.5, 0.6) is 11.5 Å². The van der Waals surface area contributed by atoms with E-state index in [-0.39, 0.29) is 26.3 Å². The third kappa shape index (κ3) is 3.73. The van der Waals surface area contributed by atoms with Crippen molar-refractivity contribution in [2.75, 3.05) is 13.7 Å². The van der Waals surface area contributed by atoms with E-state index in [4.69, 9.17) is 20.3 Å². The van der Waals surface area contributed by atoms with Gasteiger partial charge < -0.3 is 25.4 Å². The Kier molecular flexibility index (Phi) is 5.70. The van der Waals surface area contributed by atoms with E-state index in [1.165, 1.54) is 4.68 Å². The number of nitrogens with zero attached hydrogens (tertiary/aromatic N) is 3. The van der Waals surface area contributed by atoms with Gasteiger partial charge >= 0.3 is 0 Å². The number of methoxy groups -OCH3 is 1. The smallest absolute Gasteiger partial charge is 0.161 e. The molecule has 0 spiro atoms. The third-order valence-electron chi connectivity index (χ3n) is 3.14. The second-order valence-corrected chi connectivity index (χ2v) is 4.64. The van der Waals surface area contributed by atoms with Crippen molar-refractivity contribution in [2.24, 2.45) is 5.73 Å². The zero-order valence-electron chi connectivity index (χ0n) is 12.3. The molecule has 0 saturated carbocycles. The van der Waals surface area contributed by atoms with Gasteiger partial charge in [0.25, 0.3) is 0 Å². The second-order valence-electron chi connectivity index (χ2n) is 4.64. The van der Waals surface area contributed by atoms with Crippen LogP contribution in [-0.4, -0.2) is 45.0 Å². The Hall–Kier alpha value is -2.16. The normalized spacial score (nSPS) is 12.2. The average Bonchev–Trinajstić information content (AvgIpc) is 2.94. The molecule has 2 rings (SSSR count). The summed E-state index contributed by atoms with van der Waals surface area (Å²) in [6.07, 6.45) is -0.919. The van der Waals surface area contributed by atoms with E-state index in [2.05, 4.69) is 10.3 Å². The van der Waals surface area contributed by atoms with Gasteiger partial charge in [-0.2, -0.15) is 0 Å². The van der Waals surface area contributed by atoms with Crippen molar-refractivity contribution in [1.29, 1.82) is 0 Å². The fraction of sp³-hybridized carbons (Fsp3) is 0.429. The van der Waals surface area contributed by atoms with E-state index >= 15 is 0 Å². The third-order valence-corrected chi connectivity index (χ3v) is 3.14. The Labute approximate surface area is 128 Å². The summed E-state index contributed by atoms with van der Waals surface area (Å²) in [6.45, 7) is 0.149. The highest BCUT2D eigenvalue weighted by molar-refractivity contribution is 5.39. The van der Waals surface area contributed by atoms with Crippen LogP contribution in [0.4, 0.5) is 0 Å². The number of nitrogens with two attached hydrogens (primary N) is 1. The quantitative estimate of drug-likeness (QED) is 0.612. The van der Waals surface area contributed by atoms with Crippen molar-refractivity contribution in [1.82, 2.24) is 15.0 Å². The maximum Gasteiger partial charge on any atom is 0.161 e. The summed E-state index contributed by atoms with van der Waals surface area (Å²) in [5.41, 5.74) is 6.88. The predicted octanol–water partition coefficient (Wildman–Crippen LogP) is -0.322. The molecule has 2 aromatic rings. The van der Waals surface area contributed by atoms with Crippen LogP contribution in [-0.2, 0) is 19.7 Å². The Morgan fingerprint density at radius 3 is 2.68 bits per heavy atom. The molecule has 0 aliphatic carbocycles. The first-order chi connectivity index (χ1) is 10.7. The van der Waals surface area contributed by atoms with Crippen LogP contribution in [0.1, 0.15) is 11.4 Å². The molecular formula is C14H20N4O4. The molecule has 0 aliphatic rings. The minimum Gasteiger partial charge on any atom is -0.493 e. The molecule has 0 saturated heterocycles. The van der Waals surface area contributed by atoms with Gasteiger partial charge in [0.05, 0.1) is 26.4 Å². The standard InChI is InChI=1S/C14H20N4O4/c1-21-13-4-2-3-5-14(13)22-9-12-11(6-15)16-17-18(12)7-10(20)8-19/h2-5,10,19-20H,6-9,15H2,1H3. The number of aliphatic hydroxyl groups is 2. The molecule has 1 heterocycles. The zero-order valence-corrected chi connectivity index (χ0v) is 12.3. The van der Waals surface area contributed by atoms with Gasteiger partial charge in [-0.25, -0.2) is 4.68 Å². The molecule has 0 bridgehead atoms. The Morgan fingerprint density at radius 2 is 2.05 bits per heavy atom. The van der Waals surface area contributed by atoms with Gasteiger partial charge in [-0.1, -0.05) is 17.3 Å². The molecule has 120 valence electrons. The Balaban J connectivity index is 2.15. The lowest BCUT2D eigenvalue weighted by Crippen LogP contribution is -2.23. The lowest BCUT2D eigenvalue weighted by Gasteiger charge is -2.13. The SMILES string of the molecule is COc1ccccc1OCc1c(CN)nnn1CC(O)CO. The van der Waals surface area contributed by atoms with Crippen molar-refractivity contribution in [3.8, 4) is 11.5 Å². The first kappa shape index (κ1) is 16.2. The lowest BCUT2D eigenvalue weighted by molar-refractivity contribution is 0.0760. The highest BCUT2D eigenvalue weighted by atomic mass is 16.5. The predicted molar refractivity (Wildman–Crippen MR) is 78.3 cm³/mol. The van der Waals surface area contributed by atoms with Crippen molar-refractivity contribution in [2.45, 2.75) is 25.8 Å². The number of benzene rings is 1. The molecular weight excluding hydrogens is 288 g/mol. The lowest BCUT2D eigenvalue weighted by atomic mass is 10.3. The van der Waals surface area contributed by atoms with E-state index in [0.717, 1.165) is 0 Å². The summed E-state index contributed by atoms with van der Waals surface area (Å²) in [6, 6.07) is 7.27. The van der Waals surface area contributed by atoms with Crippen LogP contribution in [0.25, 0.3) is 0 Å². The number of hydrogen-bond donors (Lipinski definition) is 3. The van der Waals surface area contributed by atoms with Crippen LogP contribution >= 0.6 is 0 Å². The van der Waals surface area contributed by atoms with Crippen molar-refractivity contribution in [3.63, 3.8) is 0 Å². The molecule has 1 atom stereocenters. The van der Waals surface area contributed by atoms with Gasteiger partial charge in [0.15, 0.2) is 11.5 Å². The summed E-state index contributed by atoms with van der Waals surface area (Å²) in [5, 5.41) is 26.4. The van der Waals surface area contributed by atoms with Crippen LogP contribution in [0.2, 0.25) is 0 Å². The van der Waals surface area contributed by atoms with Gasteiger partial charge in [-0.3, -0.25) is 0 Å². The highest BCUT2D eigenvalue weighted by Gasteiger charge is 2.16. The second kappa shape index (κ2) is 7.74. The van der Waals surface area contributed by atoms with E-state index < -0.39 is 6.10 Å². The molecule has 0 amide bonds. The molecule has 0 aliphatic heterocycles. The number of para-hydroxylation sites is 2. The van der Waals surface area contributed by atoms with Gasteiger partial charge in [-0.15, -0.1) is 5.10 Å². The summed E-state index contributed by atoms with van der Waals surface area (Å²) in [7, 11) is 1.57. The first-order valence-corrected chi connectivity index (χ1v) is 6.85. The van der Waals surface area contributed by atoms with Crippen LogP contribution in [0, 0.1) is 0 Å². The van der Waals surface area contributed by atoms with Gasteiger partial charge in [0.1, 0.15) is 18.0 Å². The summed E-state index contributed by atoms with van der Waals surface area (Å²) >= 11 is 0. The van der Waals surface area contributed by atoms with Crippen LogP contribution < -0.4 is 15.2 Å². The summed E-state index contributed by atoms with van der Waals surface area (Å²) < 4.78 is 12.5. The van der Waals surface area contributed by atoms with Gasteiger partial charge in [-0.05, 0) is 12.1 Å². The van der Waals surface area contributed by atoms with Gasteiger partial charge in [0, 0.05) is 6.54 Å². The molecule has 0 radical (unpaired) electrons. The maximum absolute atomic E-state index is 9.55. The number of hydrogen-bond acceptors (Lipinski definition) is 7. The fourth-order valence-corrected chi connectivity index (χ4v) is 1.97. The average molecular weight is 308 g/mol. The number of rotatable bonds is 8. The van der Waals surface area contributed by atoms with Crippen molar-refractivity contribution >= 4 is 0 Å². The topological polar surface area (TPSA) is 116 Å². The molecule has 4 N–H and O–H groups in total. The summed E-state index contributed by atoms with van der Waals surface area (Å²) in [4.78, 5) is 0. The molecule has 22 heavy (non-hydrogen) atoms. The zero-order chi connectivity index (χ0) is 15.9. The monoisotopic (exact) mass is 308 g/mol. The number of aromatic nitrogens is 3. The molecule has 0 fully saturated rings. The molecule has 1 aromatic heterocycles. The van der Waals surface area contributed by atoms with E-state index in [1.807, 2.05) is 12.1 Å². The molecule has 8 heteroatoms. The number of aliphatic hydroxyl groups excluding tert-OH is 2. The minimum atomic E-state index is -0.919. The largest absolute Gasteiger partial charge is 0.493 e. The number of ether oxygens (including phenoxy) is 2. The van der Waals surface area contributed by atoms with E-state index in [0.29, 0.717) is 22.9 Å². The van der Waals surface area contributed by atoms with Crippen LogP contribution in [0.3, 0.4) is 0 Å². The first-order valence-electron chi connectivity index (χ1n) is 6.85. The van der Waals surface area contributed by atoms with E-state index in [9.17, 15) is 5.11 Å². The van der Waals surface area contributed by atoms with Crippen molar-refractivity contribution in [3.05, 3.63) is 35.7 Å².